The molecule has 5 aromatic carbocycles. The molecule has 0 N–H and O–H groups in total. The van der Waals surface area contributed by atoms with Gasteiger partial charge in [-0.3, -0.25) is 9.97 Å². The minimum Gasteiger partial charge on any atom is -0.309 e. The molecule has 4 heterocycles. The maximum atomic E-state index is 5.22. The summed E-state index contributed by atoms with van der Waals surface area (Å²) >= 11 is 0. The van der Waals surface area contributed by atoms with Crippen LogP contribution in [0, 0.1) is 0 Å². The quantitative estimate of drug-likeness (QED) is 0.184. The van der Waals surface area contributed by atoms with Crippen molar-refractivity contribution < 1.29 is 0 Å². The Balaban J connectivity index is 1.20. The van der Waals surface area contributed by atoms with Crippen molar-refractivity contribution in [2.75, 3.05) is 0 Å². The number of rotatable bonds is 6. The zero-order valence-electron chi connectivity index (χ0n) is 26.6. The van der Waals surface area contributed by atoms with Crippen LogP contribution in [-0.2, 0) is 0 Å². The van der Waals surface area contributed by atoms with Crippen molar-refractivity contribution in [3.63, 3.8) is 0 Å². The first-order chi connectivity index (χ1) is 24.3. The van der Waals surface area contributed by atoms with Crippen molar-refractivity contribution in [2.24, 2.45) is 0 Å². The van der Waals surface area contributed by atoms with E-state index in [1.165, 1.54) is 16.5 Å². The predicted octanol–water partition coefficient (Wildman–Crippen LogP) is 11.3. The second-order valence-electron chi connectivity index (χ2n) is 12.2. The maximum absolute atomic E-state index is 5.22. The Morgan fingerprint density at radius 2 is 0.959 bits per heavy atom. The van der Waals surface area contributed by atoms with Crippen LogP contribution < -0.4 is 0 Å². The Morgan fingerprint density at radius 1 is 0.367 bits per heavy atom. The lowest BCUT2D eigenvalue weighted by molar-refractivity contribution is 1.17. The fourth-order valence-corrected chi connectivity index (χ4v) is 6.76. The molecule has 0 spiro atoms. The number of para-hydroxylation sites is 1. The number of aromatic nitrogens is 4. The summed E-state index contributed by atoms with van der Waals surface area (Å²) in [5.41, 5.74) is 13.8. The van der Waals surface area contributed by atoms with Crippen LogP contribution in [0.2, 0.25) is 0 Å². The Morgan fingerprint density at radius 3 is 1.67 bits per heavy atom. The van der Waals surface area contributed by atoms with Gasteiger partial charge in [0.1, 0.15) is 0 Å². The largest absolute Gasteiger partial charge is 0.309 e. The lowest BCUT2D eigenvalue weighted by Gasteiger charge is -2.14. The smallest absolute Gasteiger partial charge is 0.0899 e. The van der Waals surface area contributed by atoms with Gasteiger partial charge in [-0.15, -0.1) is 0 Å². The van der Waals surface area contributed by atoms with E-state index in [1.807, 2.05) is 36.8 Å². The predicted molar refractivity (Wildman–Crippen MR) is 201 cm³/mol. The number of pyridine rings is 3. The zero-order chi connectivity index (χ0) is 32.6. The van der Waals surface area contributed by atoms with E-state index in [-0.39, 0.29) is 0 Å². The lowest BCUT2D eigenvalue weighted by Crippen LogP contribution is -1.95. The van der Waals surface area contributed by atoms with Crippen molar-refractivity contribution in [1.29, 1.82) is 0 Å². The van der Waals surface area contributed by atoms with Crippen LogP contribution in [0.4, 0.5) is 0 Å². The summed E-state index contributed by atoms with van der Waals surface area (Å²) in [7, 11) is 0. The number of hydrogen-bond acceptors (Lipinski definition) is 3. The van der Waals surface area contributed by atoms with Crippen molar-refractivity contribution in [3.8, 4) is 61.7 Å². The van der Waals surface area contributed by atoms with E-state index in [1.54, 1.807) is 0 Å². The molecule has 0 aliphatic heterocycles. The molecule has 9 rings (SSSR count). The number of nitrogens with zero attached hydrogens (tertiary/aromatic N) is 4. The summed E-state index contributed by atoms with van der Waals surface area (Å²) < 4.78 is 2.31. The van der Waals surface area contributed by atoms with E-state index in [0.717, 1.165) is 67.0 Å². The van der Waals surface area contributed by atoms with Crippen molar-refractivity contribution >= 4 is 21.8 Å². The molecule has 0 aliphatic carbocycles. The molecule has 4 heteroatoms. The molecule has 4 nitrogen and oxygen atoms in total. The van der Waals surface area contributed by atoms with Gasteiger partial charge in [-0.25, -0.2) is 4.98 Å². The molecule has 4 aromatic heterocycles. The van der Waals surface area contributed by atoms with Gasteiger partial charge in [0.05, 0.1) is 28.1 Å². The average molecular weight is 627 g/mol. The molecule has 0 bridgehead atoms. The Labute approximate surface area is 284 Å². The van der Waals surface area contributed by atoms with Gasteiger partial charge in [0, 0.05) is 40.6 Å². The van der Waals surface area contributed by atoms with Gasteiger partial charge in [-0.1, -0.05) is 97.1 Å². The summed E-state index contributed by atoms with van der Waals surface area (Å²) in [6, 6.07) is 57.6. The summed E-state index contributed by atoms with van der Waals surface area (Å²) in [6.07, 6.45) is 5.64. The monoisotopic (exact) mass is 626 g/mol. The third-order valence-corrected chi connectivity index (χ3v) is 9.13. The third kappa shape index (κ3) is 5.35. The minimum atomic E-state index is 0.832. The molecular formula is C45H30N4. The van der Waals surface area contributed by atoms with Crippen LogP contribution in [0.25, 0.3) is 83.5 Å². The summed E-state index contributed by atoms with van der Waals surface area (Å²) in [4.78, 5) is 14.3. The van der Waals surface area contributed by atoms with Gasteiger partial charge in [0.15, 0.2) is 0 Å². The van der Waals surface area contributed by atoms with Crippen LogP contribution in [0.5, 0.6) is 0 Å². The fourth-order valence-electron chi connectivity index (χ4n) is 6.76. The van der Waals surface area contributed by atoms with Crippen LogP contribution >= 0.6 is 0 Å². The first-order valence-corrected chi connectivity index (χ1v) is 16.4. The van der Waals surface area contributed by atoms with Gasteiger partial charge in [-0.05, 0) is 100 Å². The number of benzene rings is 5. The molecular weight excluding hydrogens is 597 g/mol. The average Bonchev–Trinajstić information content (AvgIpc) is 3.53. The highest BCUT2D eigenvalue weighted by molar-refractivity contribution is 6.08. The molecule has 0 amide bonds. The maximum Gasteiger partial charge on any atom is 0.0899 e. The summed E-state index contributed by atoms with van der Waals surface area (Å²) in [5, 5.41) is 2.34. The molecule has 0 atom stereocenters. The van der Waals surface area contributed by atoms with Gasteiger partial charge in [0.25, 0.3) is 0 Å². The molecule has 9 aromatic rings. The van der Waals surface area contributed by atoms with Crippen molar-refractivity contribution in [2.45, 2.75) is 0 Å². The molecule has 0 saturated carbocycles. The Kier molecular flexibility index (Phi) is 7.10. The molecule has 0 fully saturated rings. The SMILES string of the molecule is c1ccc(-c2cc(-c3ccccc3)cc(-c3cc(-c4ccc(-n5c6ccccc6c6cnccc65)cc4)cc(-c4ccccn4)n3)c2)cc1. The van der Waals surface area contributed by atoms with Gasteiger partial charge < -0.3 is 4.57 Å². The lowest BCUT2D eigenvalue weighted by atomic mass is 9.94. The molecule has 0 unspecified atom stereocenters. The first-order valence-electron chi connectivity index (χ1n) is 16.4. The molecule has 0 radical (unpaired) electrons. The van der Waals surface area contributed by atoms with E-state index in [9.17, 15) is 0 Å². The van der Waals surface area contributed by atoms with E-state index >= 15 is 0 Å². The van der Waals surface area contributed by atoms with Crippen LogP contribution in [0.3, 0.4) is 0 Å². The van der Waals surface area contributed by atoms with Crippen molar-refractivity contribution in [1.82, 2.24) is 19.5 Å². The molecule has 0 saturated heterocycles. The van der Waals surface area contributed by atoms with Gasteiger partial charge in [0.2, 0.25) is 0 Å². The summed E-state index contributed by atoms with van der Waals surface area (Å²) in [5.74, 6) is 0. The fraction of sp³-hybridized carbons (Fsp3) is 0. The Bertz CT molecular complexity index is 2460. The van der Waals surface area contributed by atoms with E-state index in [4.69, 9.17) is 4.98 Å². The highest BCUT2D eigenvalue weighted by atomic mass is 15.0. The second-order valence-corrected chi connectivity index (χ2v) is 12.2. The standard InChI is InChI=1S/C45H30N4/c1-3-11-31(12-4-1)34-25-35(32-13-5-2-6-14-32)27-37(26-34)42-28-36(29-43(48-42)41-16-9-10-23-47-41)33-18-20-38(21-19-33)49-44-17-8-7-15-39(44)40-30-46-24-22-45(40)49/h1-30H. The highest BCUT2D eigenvalue weighted by Crippen LogP contribution is 2.36. The minimum absolute atomic E-state index is 0.832. The third-order valence-electron chi connectivity index (χ3n) is 9.13. The normalized spacial score (nSPS) is 11.3. The topological polar surface area (TPSA) is 43.6 Å². The number of fused-ring (bicyclic) bond motifs is 3. The van der Waals surface area contributed by atoms with Crippen LogP contribution in [-0.4, -0.2) is 19.5 Å². The first kappa shape index (κ1) is 28.6. The van der Waals surface area contributed by atoms with Gasteiger partial charge in [-0.2, -0.15) is 0 Å². The van der Waals surface area contributed by atoms with Crippen LogP contribution in [0.1, 0.15) is 0 Å². The summed E-state index contributed by atoms with van der Waals surface area (Å²) in [6.45, 7) is 0. The Hall–Kier alpha value is -6.65. The molecule has 0 aliphatic rings. The molecule has 230 valence electrons. The van der Waals surface area contributed by atoms with Crippen molar-refractivity contribution in [3.05, 3.63) is 182 Å². The van der Waals surface area contributed by atoms with E-state index in [2.05, 4.69) is 160 Å². The highest BCUT2D eigenvalue weighted by Gasteiger charge is 2.15. The van der Waals surface area contributed by atoms with E-state index in [0.29, 0.717) is 0 Å². The van der Waals surface area contributed by atoms with E-state index < -0.39 is 0 Å². The second kappa shape index (κ2) is 12.2. The number of hydrogen-bond donors (Lipinski definition) is 0. The molecule has 49 heavy (non-hydrogen) atoms. The van der Waals surface area contributed by atoms with Gasteiger partial charge >= 0.3 is 0 Å². The van der Waals surface area contributed by atoms with Crippen LogP contribution in [0.15, 0.2) is 182 Å². The zero-order valence-corrected chi connectivity index (χ0v) is 26.6.